The van der Waals surface area contributed by atoms with Gasteiger partial charge in [0.05, 0.1) is 17.0 Å². The molecule has 1 aliphatic rings. The highest BCUT2D eigenvalue weighted by Gasteiger charge is 2.45. The number of hydrogen-bond acceptors (Lipinski definition) is 5. The molecule has 1 saturated heterocycles. The number of nitrogens with one attached hydrogen (secondary N) is 1. The minimum atomic E-state index is -4.43. The Morgan fingerprint density at radius 3 is 2.70 bits per heavy atom. The van der Waals surface area contributed by atoms with Gasteiger partial charge in [-0.2, -0.15) is 18.4 Å². The second-order valence-electron chi connectivity index (χ2n) is 7.25. The molecular weight excluding hydrogens is 399 g/mol. The normalized spacial score (nSPS) is 19.3. The highest BCUT2D eigenvalue weighted by Crippen LogP contribution is 2.37. The monoisotopic (exact) mass is 419 g/mol. The zero-order valence-corrected chi connectivity index (χ0v) is 15.9. The summed E-state index contributed by atoms with van der Waals surface area (Å²) in [5.74, 6) is -2.82. The van der Waals surface area contributed by atoms with Gasteiger partial charge in [-0.15, -0.1) is 0 Å². The number of primary amides is 1. The molecule has 7 nitrogen and oxygen atoms in total. The number of aromatic nitrogens is 1. The molecule has 1 aromatic heterocycles. The number of pyridine rings is 1. The Morgan fingerprint density at radius 1 is 1.27 bits per heavy atom. The van der Waals surface area contributed by atoms with Crippen LogP contribution in [0.1, 0.15) is 24.8 Å². The van der Waals surface area contributed by atoms with Gasteiger partial charge in [0.1, 0.15) is 6.07 Å². The number of benzene rings is 1. The van der Waals surface area contributed by atoms with Crippen molar-refractivity contribution in [3.8, 4) is 6.07 Å². The third-order valence-electron chi connectivity index (χ3n) is 5.08. The maximum Gasteiger partial charge on any atom is 0.393 e. The summed E-state index contributed by atoms with van der Waals surface area (Å²) in [6.45, 7) is -0.113. The van der Waals surface area contributed by atoms with E-state index in [4.69, 9.17) is 5.73 Å². The lowest BCUT2D eigenvalue weighted by atomic mass is 9.92. The van der Waals surface area contributed by atoms with Crippen molar-refractivity contribution in [3.63, 3.8) is 0 Å². The van der Waals surface area contributed by atoms with Crippen molar-refractivity contribution in [2.24, 2.45) is 11.7 Å². The molecule has 0 saturated carbocycles. The molecule has 1 aromatic carbocycles. The SMILES string of the molecule is N#Cc1ccc(N2CC(NC(=O)CCC(N)=O)CC(C(F)(F)F)C2)c2cccnc12. The van der Waals surface area contributed by atoms with E-state index in [0.717, 1.165) is 0 Å². The van der Waals surface area contributed by atoms with Gasteiger partial charge in [-0.3, -0.25) is 14.6 Å². The second kappa shape index (κ2) is 8.57. The zero-order chi connectivity index (χ0) is 21.9. The smallest absolute Gasteiger partial charge is 0.370 e. The maximum absolute atomic E-state index is 13.6. The Labute approximate surface area is 170 Å². The number of amides is 2. The summed E-state index contributed by atoms with van der Waals surface area (Å²) in [6.07, 6.45) is -3.52. The van der Waals surface area contributed by atoms with Crippen molar-refractivity contribution in [2.45, 2.75) is 31.5 Å². The number of nitriles is 1. The summed E-state index contributed by atoms with van der Waals surface area (Å²) in [4.78, 5) is 28.7. The summed E-state index contributed by atoms with van der Waals surface area (Å²) in [7, 11) is 0. The largest absolute Gasteiger partial charge is 0.393 e. The molecular formula is C20H20F3N5O2. The summed E-state index contributed by atoms with van der Waals surface area (Å²) < 4.78 is 40.7. The molecule has 1 aliphatic heterocycles. The van der Waals surface area contributed by atoms with Gasteiger partial charge in [-0.05, 0) is 30.7 Å². The molecule has 0 aliphatic carbocycles. The third kappa shape index (κ3) is 4.79. The lowest BCUT2D eigenvalue weighted by Crippen LogP contribution is -2.54. The zero-order valence-electron chi connectivity index (χ0n) is 15.9. The van der Waals surface area contributed by atoms with Gasteiger partial charge in [-0.25, -0.2) is 0 Å². The van der Waals surface area contributed by atoms with Crippen LogP contribution in [0.5, 0.6) is 0 Å². The van der Waals surface area contributed by atoms with Crippen LogP contribution in [-0.4, -0.2) is 42.1 Å². The number of rotatable bonds is 5. The summed E-state index contributed by atoms with van der Waals surface area (Å²) in [5, 5.41) is 12.4. The number of nitrogens with two attached hydrogens (primary N) is 1. The van der Waals surface area contributed by atoms with E-state index < -0.39 is 30.0 Å². The summed E-state index contributed by atoms with van der Waals surface area (Å²) in [6, 6.07) is 7.77. The first-order valence-corrected chi connectivity index (χ1v) is 9.36. The highest BCUT2D eigenvalue weighted by molar-refractivity contribution is 5.95. The van der Waals surface area contributed by atoms with Crippen LogP contribution in [0.25, 0.3) is 10.9 Å². The fraction of sp³-hybridized carbons (Fsp3) is 0.400. The lowest BCUT2D eigenvalue weighted by Gasteiger charge is -2.40. The first kappa shape index (κ1) is 21.4. The second-order valence-corrected chi connectivity index (χ2v) is 7.25. The predicted octanol–water partition coefficient (Wildman–Crippen LogP) is 2.25. The molecule has 3 rings (SSSR count). The van der Waals surface area contributed by atoms with Gasteiger partial charge in [0.2, 0.25) is 11.8 Å². The van der Waals surface area contributed by atoms with Gasteiger partial charge in [0, 0.05) is 49.2 Å². The van der Waals surface area contributed by atoms with E-state index in [9.17, 15) is 28.0 Å². The van der Waals surface area contributed by atoms with Crippen LogP contribution in [0.4, 0.5) is 18.9 Å². The maximum atomic E-state index is 13.6. The first-order valence-electron chi connectivity index (χ1n) is 9.36. The molecule has 2 aromatic rings. The van der Waals surface area contributed by atoms with E-state index in [1.807, 2.05) is 6.07 Å². The standard InChI is InChI=1S/C20H20F3N5O2/c21-20(22,23)13-8-14(27-18(30)6-5-17(25)29)11-28(10-13)16-4-3-12(9-24)19-15(16)2-1-7-26-19/h1-4,7,13-14H,5-6,8,10-11H2,(H2,25,29)(H,27,30). The molecule has 158 valence electrons. The molecule has 1 fully saturated rings. The molecule has 2 atom stereocenters. The van der Waals surface area contributed by atoms with Crippen LogP contribution >= 0.6 is 0 Å². The van der Waals surface area contributed by atoms with E-state index in [0.29, 0.717) is 22.2 Å². The average Bonchev–Trinajstić information content (AvgIpc) is 2.70. The quantitative estimate of drug-likeness (QED) is 0.772. The molecule has 3 N–H and O–H groups in total. The number of hydrogen-bond donors (Lipinski definition) is 2. The first-order chi connectivity index (χ1) is 14.2. The van der Waals surface area contributed by atoms with E-state index in [1.165, 1.54) is 12.3 Å². The molecule has 0 radical (unpaired) electrons. The third-order valence-corrected chi connectivity index (χ3v) is 5.08. The van der Waals surface area contributed by atoms with Crippen molar-refractivity contribution in [1.29, 1.82) is 5.26 Å². The molecule has 0 spiro atoms. The number of carbonyl (C=O) groups is 2. The summed E-state index contributed by atoms with van der Waals surface area (Å²) >= 11 is 0. The number of nitrogens with zero attached hydrogens (tertiary/aromatic N) is 3. The topological polar surface area (TPSA) is 112 Å². The van der Waals surface area contributed by atoms with Crippen molar-refractivity contribution >= 4 is 28.4 Å². The lowest BCUT2D eigenvalue weighted by molar-refractivity contribution is -0.178. The molecule has 2 amide bonds. The van der Waals surface area contributed by atoms with E-state index in [-0.39, 0.29) is 32.4 Å². The average molecular weight is 419 g/mol. The number of halogens is 3. The Morgan fingerprint density at radius 2 is 2.03 bits per heavy atom. The van der Waals surface area contributed by atoms with Crippen molar-refractivity contribution < 1.29 is 22.8 Å². The van der Waals surface area contributed by atoms with Gasteiger partial charge in [0.25, 0.3) is 0 Å². The van der Waals surface area contributed by atoms with Gasteiger partial charge < -0.3 is 16.0 Å². The molecule has 2 heterocycles. The fourth-order valence-electron chi connectivity index (χ4n) is 3.70. The molecule has 10 heteroatoms. The van der Waals surface area contributed by atoms with Crippen LogP contribution in [0.3, 0.4) is 0 Å². The number of alkyl halides is 3. The summed E-state index contributed by atoms with van der Waals surface area (Å²) in [5.41, 5.74) is 6.28. The van der Waals surface area contributed by atoms with E-state index in [1.54, 1.807) is 23.1 Å². The van der Waals surface area contributed by atoms with Gasteiger partial charge in [-0.1, -0.05) is 0 Å². The van der Waals surface area contributed by atoms with Crippen LogP contribution < -0.4 is 16.0 Å². The van der Waals surface area contributed by atoms with Crippen molar-refractivity contribution in [2.75, 3.05) is 18.0 Å². The Bertz CT molecular complexity index is 1000. The van der Waals surface area contributed by atoms with Crippen molar-refractivity contribution in [1.82, 2.24) is 10.3 Å². The Kier molecular flexibility index (Phi) is 6.10. The van der Waals surface area contributed by atoms with Crippen LogP contribution in [-0.2, 0) is 9.59 Å². The van der Waals surface area contributed by atoms with Crippen LogP contribution in [0.2, 0.25) is 0 Å². The number of anilines is 1. The van der Waals surface area contributed by atoms with Crippen molar-refractivity contribution in [3.05, 3.63) is 36.0 Å². The molecule has 30 heavy (non-hydrogen) atoms. The molecule has 0 bridgehead atoms. The van der Waals surface area contributed by atoms with E-state index >= 15 is 0 Å². The van der Waals surface area contributed by atoms with Crippen LogP contribution in [0, 0.1) is 17.2 Å². The van der Waals surface area contributed by atoms with Gasteiger partial charge in [0.15, 0.2) is 0 Å². The number of piperidine rings is 1. The Balaban J connectivity index is 1.90. The Hall–Kier alpha value is -3.35. The van der Waals surface area contributed by atoms with E-state index in [2.05, 4.69) is 10.3 Å². The predicted molar refractivity (Wildman–Crippen MR) is 103 cm³/mol. The number of fused-ring (bicyclic) bond motifs is 1. The number of carbonyl (C=O) groups excluding carboxylic acids is 2. The van der Waals surface area contributed by atoms with Crippen LogP contribution in [0.15, 0.2) is 30.5 Å². The molecule has 2 unspecified atom stereocenters. The van der Waals surface area contributed by atoms with Gasteiger partial charge >= 0.3 is 6.18 Å². The fourth-order valence-corrected chi connectivity index (χ4v) is 3.70. The minimum Gasteiger partial charge on any atom is -0.370 e. The highest BCUT2D eigenvalue weighted by atomic mass is 19.4. The minimum absolute atomic E-state index is 0.158.